The number of benzene rings is 2. The Morgan fingerprint density at radius 2 is 1.45 bits per heavy atom. The summed E-state index contributed by atoms with van der Waals surface area (Å²) in [6.07, 6.45) is 9.43. The minimum Gasteiger partial charge on any atom is -0.0731 e. The second-order valence-corrected chi connectivity index (χ2v) is 6.73. The minimum atomic E-state index is 0.461. The van der Waals surface area contributed by atoms with Gasteiger partial charge in [-0.15, -0.1) is 0 Å². The van der Waals surface area contributed by atoms with Gasteiger partial charge in [-0.3, -0.25) is 0 Å². The summed E-state index contributed by atoms with van der Waals surface area (Å²) in [6, 6.07) is 17.9. The smallest absolute Gasteiger partial charge is 0.0284 e. The van der Waals surface area contributed by atoms with E-state index in [1.165, 1.54) is 54.4 Å². The molecule has 0 aliphatic heterocycles. The lowest BCUT2D eigenvalue weighted by Crippen LogP contribution is -2.02. The number of allylic oxidation sites excluding steroid dienone is 2. The van der Waals surface area contributed by atoms with Crippen LogP contribution in [0.5, 0.6) is 0 Å². The van der Waals surface area contributed by atoms with Crippen LogP contribution in [-0.2, 0) is 0 Å². The maximum atomic E-state index is 2.60. The maximum absolute atomic E-state index is 2.60. The molecule has 0 radical (unpaired) electrons. The second-order valence-electron chi connectivity index (χ2n) is 6.73. The highest BCUT2D eigenvalue weighted by Crippen LogP contribution is 2.46. The van der Waals surface area contributed by atoms with Crippen molar-refractivity contribution in [3.8, 4) is 11.1 Å². The fourth-order valence-electron chi connectivity index (χ4n) is 4.43. The molecule has 22 heavy (non-hydrogen) atoms. The van der Waals surface area contributed by atoms with Gasteiger partial charge in [-0.1, -0.05) is 79.9 Å². The lowest BCUT2D eigenvalue weighted by atomic mass is 9.88. The Labute approximate surface area is 133 Å². The second kappa shape index (κ2) is 5.76. The summed E-state index contributed by atoms with van der Waals surface area (Å²) in [5.41, 5.74) is 7.54. The molecule has 0 amide bonds. The molecule has 0 heteroatoms. The van der Waals surface area contributed by atoms with Crippen LogP contribution >= 0.6 is 0 Å². The number of rotatable bonds is 3. The van der Waals surface area contributed by atoms with E-state index < -0.39 is 0 Å². The minimum absolute atomic E-state index is 0.461. The standard InChI is InChI=1S/C22H24/c1-2-16(17-9-3-4-10-17)15-22-20-13-7-5-11-18(20)19-12-6-8-14-21(19)22/h5-8,11-15,17,22H,2-4,9-10H2,1H3. The van der Waals surface area contributed by atoms with Crippen LogP contribution in [0.2, 0.25) is 0 Å². The Kier molecular flexibility index (Phi) is 3.62. The molecule has 4 rings (SSSR count). The van der Waals surface area contributed by atoms with Gasteiger partial charge < -0.3 is 0 Å². The zero-order chi connectivity index (χ0) is 14.9. The molecule has 0 N–H and O–H groups in total. The first-order valence-electron chi connectivity index (χ1n) is 8.77. The van der Waals surface area contributed by atoms with Gasteiger partial charge in [-0.05, 0) is 47.4 Å². The Morgan fingerprint density at radius 1 is 0.909 bits per heavy atom. The summed E-state index contributed by atoms with van der Waals surface area (Å²) in [7, 11) is 0. The highest BCUT2D eigenvalue weighted by atomic mass is 14.3. The molecule has 2 aromatic carbocycles. The Balaban J connectivity index is 1.80. The lowest BCUT2D eigenvalue weighted by Gasteiger charge is -2.17. The highest BCUT2D eigenvalue weighted by Gasteiger charge is 2.28. The van der Waals surface area contributed by atoms with Crippen LogP contribution in [0.15, 0.2) is 60.2 Å². The van der Waals surface area contributed by atoms with Crippen molar-refractivity contribution in [1.29, 1.82) is 0 Å². The molecule has 0 aromatic heterocycles. The van der Waals surface area contributed by atoms with E-state index in [1.54, 1.807) is 5.57 Å². The van der Waals surface area contributed by atoms with Gasteiger partial charge in [0, 0.05) is 5.92 Å². The van der Waals surface area contributed by atoms with Crippen LogP contribution in [0.3, 0.4) is 0 Å². The van der Waals surface area contributed by atoms with Gasteiger partial charge in [0.25, 0.3) is 0 Å². The van der Waals surface area contributed by atoms with E-state index in [0.29, 0.717) is 5.92 Å². The number of hydrogen-bond donors (Lipinski definition) is 0. The first-order chi connectivity index (χ1) is 10.9. The molecule has 1 fully saturated rings. The van der Waals surface area contributed by atoms with Gasteiger partial charge in [-0.25, -0.2) is 0 Å². The van der Waals surface area contributed by atoms with Crippen LogP contribution in [-0.4, -0.2) is 0 Å². The van der Waals surface area contributed by atoms with Gasteiger partial charge in [0.05, 0.1) is 0 Å². The molecule has 0 spiro atoms. The monoisotopic (exact) mass is 288 g/mol. The quantitative estimate of drug-likeness (QED) is 0.579. The van der Waals surface area contributed by atoms with Crippen LogP contribution in [0, 0.1) is 5.92 Å². The topological polar surface area (TPSA) is 0 Å². The van der Waals surface area contributed by atoms with Gasteiger partial charge in [0.1, 0.15) is 0 Å². The predicted octanol–water partition coefficient (Wildman–Crippen LogP) is 6.33. The molecule has 0 saturated heterocycles. The predicted molar refractivity (Wildman–Crippen MR) is 94.1 cm³/mol. The maximum Gasteiger partial charge on any atom is 0.0284 e. The van der Waals surface area contributed by atoms with Crippen LogP contribution in [0.4, 0.5) is 0 Å². The molecule has 112 valence electrons. The first-order valence-corrected chi connectivity index (χ1v) is 8.77. The zero-order valence-electron chi connectivity index (χ0n) is 13.4. The van der Waals surface area contributed by atoms with Gasteiger partial charge in [-0.2, -0.15) is 0 Å². The third-order valence-electron chi connectivity index (χ3n) is 5.55. The molecule has 2 aromatic rings. The summed E-state index contributed by atoms with van der Waals surface area (Å²) in [6.45, 7) is 2.33. The molecule has 1 saturated carbocycles. The van der Waals surface area contributed by atoms with Crippen molar-refractivity contribution in [3.63, 3.8) is 0 Å². The third-order valence-corrected chi connectivity index (χ3v) is 5.55. The average molecular weight is 288 g/mol. The molecule has 0 heterocycles. The van der Waals surface area contributed by atoms with Crippen LogP contribution < -0.4 is 0 Å². The Bertz CT molecular complexity index is 656. The van der Waals surface area contributed by atoms with Crippen LogP contribution in [0.1, 0.15) is 56.1 Å². The molecule has 0 unspecified atom stereocenters. The summed E-state index contributed by atoms with van der Waals surface area (Å²) in [4.78, 5) is 0. The van der Waals surface area contributed by atoms with E-state index in [1.807, 2.05) is 0 Å². The summed E-state index contributed by atoms with van der Waals surface area (Å²) in [5, 5.41) is 0. The number of fused-ring (bicyclic) bond motifs is 3. The third kappa shape index (κ3) is 2.22. The van der Waals surface area contributed by atoms with Gasteiger partial charge in [0.15, 0.2) is 0 Å². The average Bonchev–Trinajstić information content (AvgIpc) is 3.20. The van der Waals surface area contributed by atoms with Crippen molar-refractivity contribution in [2.45, 2.75) is 44.9 Å². The molecule has 0 nitrogen and oxygen atoms in total. The SMILES string of the molecule is CCC(=CC1c2ccccc2-c2ccccc21)C1CCCC1. The van der Waals surface area contributed by atoms with Crippen molar-refractivity contribution >= 4 is 0 Å². The van der Waals surface area contributed by atoms with Crippen LogP contribution in [0.25, 0.3) is 11.1 Å². The van der Waals surface area contributed by atoms with E-state index in [9.17, 15) is 0 Å². The summed E-state index contributed by atoms with van der Waals surface area (Å²) < 4.78 is 0. The fraction of sp³-hybridized carbons (Fsp3) is 0.364. The largest absolute Gasteiger partial charge is 0.0731 e. The van der Waals surface area contributed by atoms with Gasteiger partial charge >= 0.3 is 0 Å². The molecule has 0 bridgehead atoms. The first kappa shape index (κ1) is 13.8. The van der Waals surface area contributed by atoms with E-state index in [2.05, 4.69) is 61.5 Å². The summed E-state index contributed by atoms with van der Waals surface area (Å²) >= 11 is 0. The fourth-order valence-corrected chi connectivity index (χ4v) is 4.43. The van der Waals surface area contributed by atoms with Crippen molar-refractivity contribution < 1.29 is 0 Å². The molecular formula is C22H24. The highest BCUT2D eigenvalue weighted by molar-refractivity contribution is 5.79. The lowest BCUT2D eigenvalue weighted by molar-refractivity contribution is 0.615. The van der Waals surface area contributed by atoms with Crippen molar-refractivity contribution in [3.05, 3.63) is 71.3 Å². The van der Waals surface area contributed by atoms with E-state index in [-0.39, 0.29) is 0 Å². The normalized spacial score (nSPS) is 18.5. The number of hydrogen-bond acceptors (Lipinski definition) is 0. The molecule has 0 atom stereocenters. The van der Waals surface area contributed by atoms with Gasteiger partial charge in [0.2, 0.25) is 0 Å². The summed E-state index contributed by atoms with van der Waals surface area (Å²) in [5.74, 6) is 1.30. The van der Waals surface area contributed by atoms with E-state index >= 15 is 0 Å². The van der Waals surface area contributed by atoms with Crippen molar-refractivity contribution in [2.75, 3.05) is 0 Å². The molecule has 2 aliphatic rings. The Morgan fingerprint density at radius 3 is 2.00 bits per heavy atom. The van der Waals surface area contributed by atoms with E-state index in [0.717, 1.165) is 5.92 Å². The molecule has 2 aliphatic carbocycles. The molecular weight excluding hydrogens is 264 g/mol. The Hall–Kier alpha value is -1.82. The van der Waals surface area contributed by atoms with Crippen molar-refractivity contribution in [1.82, 2.24) is 0 Å². The zero-order valence-corrected chi connectivity index (χ0v) is 13.4. The van der Waals surface area contributed by atoms with Crippen molar-refractivity contribution in [2.24, 2.45) is 5.92 Å². The van der Waals surface area contributed by atoms with E-state index in [4.69, 9.17) is 0 Å².